The molecule has 1 nitrogen and oxygen atoms in total. The molecule has 1 saturated heterocycles. The maximum atomic E-state index is 3.58. The number of benzene rings is 1. The van der Waals surface area contributed by atoms with Crippen LogP contribution in [-0.4, -0.2) is 24.1 Å². The molecule has 0 spiro atoms. The molecule has 1 unspecified atom stereocenters. The Kier molecular flexibility index (Phi) is 5.23. The van der Waals surface area contributed by atoms with Gasteiger partial charge in [0.2, 0.25) is 0 Å². The Labute approximate surface area is 103 Å². The predicted molar refractivity (Wildman–Crippen MR) is 73.1 cm³/mol. The molecule has 1 aliphatic heterocycles. The van der Waals surface area contributed by atoms with E-state index in [1.54, 1.807) is 0 Å². The summed E-state index contributed by atoms with van der Waals surface area (Å²) in [5, 5.41) is 4.45. The van der Waals surface area contributed by atoms with Gasteiger partial charge in [0, 0.05) is 11.8 Å². The minimum atomic E-state index is 0.865. The van der Waals surface area contributed by atoms with Crippen LogP contribution < -0.4 is 5.32 Å². The zero-order valence-electron chi connectivity index (χ0n) is 9.82. The molecule has 1 aromatic rings. The quantitative estimate of drug-likeness (QED) is 0.787. The molecule has 2 rings (SSSR count). The van der Waals surface area contributed by atoms with E-state index in [0.717, 1.165) is 18.2 Å². The second-order valence-corrected chi connectivity index (χ2v) is 5.84. The summed E-state index contributed by atoms with van der Waals surface area (Å²) in [5.41, 5.74) is 1.44. The molecule has 16 heavy (non-hydrogen) atoms. The molecule has 1 atom stereocenters. The molecule has 1 fully saturated rings. The molecular formula is C14H21NS. The third kappa shape index (κ3) is 4.18. The number of rotatable bonds is 5. The molecule has 0 aliphatic carbocycles. The molecule has 0 radical (unpaired) electrons. The standard InChI is InChI=1S/C14H21NS/c1-2-6-13(7-3-1)9-10-15-12-14-8-4-5-11-16-14/h1-3,6-7,14-15H,4-5,8-12H2. The van der Waals surface area contributed by atoms with Crippen molar-refractivity contribution in [1.82, 2.24) is 5.32 Å². The average Bonchev–Trinajstić information content (AvgIpc) is 2.37. The van der Waals surface area contributed by atoms with Gasteiger partial charge in [0.15, 0.2) is 0 Å². The van der Waals surface area contributed by atoms with Gasteiger partial charge in [0.25, 0.3) is 0 Å². The van der Waals surface area contributed by atoms with E-state index >= 15 is 0 Å². The van der Waals surface area contributed by atoms with Gasteiger partial charge < -0.3 is 5.32 Å². The highest BCUT2D eigenvalue weighted by Crippen LogP contribution is 2.24. The zero-order chi connectivity index (χ0) is 11.1. The maximum Gasteiger partial charge on any atom is 0.0172 e. The van der Waals surface area contributed by atoms with E-state index in [1.165, 1.54) is 37.1 Å². The monoisotopic (exact) mass is 235 g/mol. The van der Waals surface area contributed by atoms with Crippen molar-refractivity contribution in [2.45, 2.75) is 30.9 Å². The first-order valence-corrected chi connectivity index (χ1v) is 7.36. The second-order valence-electron chi connectivity index (χ2n) is 4.43. The lowest BCUT2D eigenvalue weighted by molar-refractivity contribution is 0.598. The molecule has 1 aromatic carbocycles. The fourth-order valence-corrected chi connectivity index (χ4v) is 3.38. The first kappa shape index (κ1) is 12.0. The van der Waals surface area contributed by atoms with Crippen molar-refractivity contribution in [2.75, 3.05) is 18.8 Å². The summed E-state index contributed by atoms with van der Waals surface area (Å²) in [5.74, 6) is 1.37. The van der Waals surface area contributed by atoms with E-state index < -0.39 is 0 Å². The Bertz CT molecular complexity index is 280. The number of hydrogen-bond acceptors (Lipinski definition) is 2. The molecule has 2 heteroatoms. The van der Waals surface area contributed by atoms with Crippen LogP contribution in [0, 0.1) is 0 Å². The van der Waals surface area contributed by atoms with Crippen LogP contribution in [0.15, 0.2) is 30.3 Å². The van der Waals surface area contributed by atoms with Crippen molar-refractivity contribution in [2.24, 2.45) is 0 Å². The molecule has 1 heterocycles. The van der Waals surface area contributed by atoms with Crippen molar-refractivity contribution in [3.63, 3.8) is 0 Å². The van der Waals surface area contributed by atoms with Crippen molar-refractivity contribution in [3.8, 4) is 0 Å². The normalized spacial score (nSPS) is 20.9. The van der Waals surface area contributed by atoms with Crippen LogP contribution in [0.4, 0.5) is 0 Å². The first-order valence-electron chi connectivity index (χ1n) is 6.31. The average molecular weight is 235 g/mol. The molecule has 0 amide bonds. The van der Waals surface area contributed by atoms with Crippen molar-refractivity contribution in [3.05, 3.63) is 35.9 Å². The maximum absolute atomic E-state index is 3.58. The van der Waals surface area contributed by atoms with Crippen molar-refractivity contribution < 1.29 is 0 Å². The van der Waals surface area contributed by atoms with Crippen LogP contribution in [0.5, 0.6) is 0 Å². The molecule has 1 N–H and O–H groups in total. The van der Waals surface area contributed by atoms with Crippen LogP contribution in [0.2, 0.25) is 0 Å². The van der Waals surface area contributed by atoms with Crippen LogP contribution in [0.25, 0.3) is 0 Å². The van der Waals surface area contributed by atoms with Gasteiger partial charge in [-0.25, -0.2) is 0 Å². The van der Waals surface area contributed by atoms with Gasteiger partial charge in [-0.05, 0) is 37.1 Å². The van der Waals surface area contributed by atoms with Gasteiger partial charge in [0.1, 0.15) is 0 Å². The van der Waals surface area contributed by atoms with E-state index in [-0.39, 0.29) is 0 Å². The summed E-state index contributed by atoms with van der Waals surface area (Å²) in [6.45, 7) is 2.30. The Morgan fingerprint density at radius 3 is 2.81 bits per heavy atom. The van der Waals surface area contributed by atoms with E-state index in [9.17, 15) is 0 Å². The van der Waals surface area contributed by atoms with Gasteiger partial charge in [-0.1, -0.05) is 36.8 Å². The smallest absolute Gasteiger partial charge is 0.0172 e. The lowest BCUT2D eigenvalue weighted by atomic mass is 10.1. The van der Waals surface area contributed by atoms with E-state index in [0.29, 0.717) is 0 Å². The van der Waals surface area contributed by atoms with Gasteiger partial charge in [-0.3, -0.25) is 0 Å². The number of hydrogen-bond donors (Lipinski definition) is 1. The number of nitrogens with one attached hydrogen (secondary N) is 1. The Morgan fingerprint density at radius 1 is 1.19 bits per heavy atom. The summed E-state index contributed by atoms with van der Waals surface area (Å²) >= 11 is 2.15. The highest BCUT2D eigenvalue weighted by molar-refractivity contribution is 7.99. The van der Waals surface area contributed by atoms with Gasteiger partial charge in [0.05, 0.1) is 0 Å². The highest BCUT2D eigenvalue weighted by Gasteiger charge is 2.12. The van der Waals surface area contributed by atoms with E-state index in [1.807, 2.05) is 0 Å². The van der Waals surface area contributed by atoms with Gasteiger partial charge in [-0.15, -0.1) is 0 Å². The molecule has 0 saturated carbocycles. The predicted octanol–water partition coefficient (Wildman–Crippen LogP) is 3.10. The van der Waals surface area contributed by atoms with Crippen molar-refractivity contribution >= 4 is 11.8 Å². The molecule has 0 bridgehead atoms. The van der Waals surface area contributed by atoms with Crippen LogP contribution in [0.1, 0.15) is 24.8 Å². The summed E-state index contributed by atoms with van der Waals surface area (Å²) < 4.78 is 0. The molecule has 1 aliphatic rings. The Hall–Kier alpha value is -0.470. The summed E-state index contributed by atoms with van der Waals surface area (Å²) in [6, 6.07) is 10.7. The van der Waals surface area contributed by atoms with Crippen LogP contribution in [-0.2, 0) is 6.42 Å². The SMILES string of the molecule is c1ccc(CCNCC2CCCCS2)cc1. The Morgan fingerprint density at radius 2 is 2.06 bits per heavy atom. The van der Waals surface area contributed by atoms with E-state index in [2.05, 4.69) is 47.4 Å². The van der Waals surface area contributed by atoms with Gasteiger partial charge >= 0.3 is 0 Å². The van der Waals surface area contributed by atoms with Crippen LogP contribution >= 0.6 is 11.8 Å². The first-order chi connectivity index (χ1) is 7.95. The van der Waals surface area contributed by atoms with Gasteiger partial charge in [-0.2, -0.15) is 11.8 Å². The molecule has 88 valence electrons. The fourth-order valence-electron chi connectivity index (χ4n) is 2.11. The largest absolute Gasteiger partial charge is 0.315 e. The summed E-state index contributed by atoms with van der Waals surface area (Å²) in [7, 11) is 0. The van der Waals surface area contributed by atoms with Crippen molar-refractivity contribution in [1.29, 1.82) is 0 Å². The van der Waals surface area contributed by atoms with Crippen LogP contribution in [0.3, 0.4) is 0 Å². The minimum Gasteiger partial charge on any atom is -0.315 e. The lowest BCUT2D eigenvalue weighted by Gasteiger charge is -2.21. The third-order valence-electron chi connectivity index (χ3n) is 3.08. The van der Waals surface area contributed by atoms with E-state index in [4.69, 9.17) is 0 Å². The fraction of sp³-hybridized carbons (Fsp3) is 0.571. The second kappa shape index (κ2) is 6.97. The topological polar surface area (TPSA) is 12.0 Å². The lowest BCUT2D eigenvalue weighted by Crippen LogP contribution is -2.28. The number of thioether (sulfide) groups is 1. The summed E-state index contributed by atoms with van der Waals surface area (Å²) in [4.78, 5) is 0. The molecular weight excluding hydrogens is 214 g/mol. The third-order valence-corrected chi connectivity index (χ3v) is 4.48. The zero-order valence-corrected chi connectivity index (χ0v) is 10.6. The minimum absolute atomic E-state index is 0.865. The summed E-state index contributed by atoms with van der Waals surface area (Å²) in [6.07, 6.45) is 5.41. The highest BCUT2D eigenvalue weighted by atomic mass is 32.2. The Balaban J connectivity index is 1.58. The molecule has 0 aromatic heterocycles.